The normalized spacial score (nSPS) is 17.4. The topological polar surface area (TPSA) is 17.4 Å². The highest BCUT2D eigenvalue weighted by molar-refractivity contribution is 5.39. The first kappa shape index (κ1) is 17.9. The summed E-state index contributed by atoms with van der Waals surface area (Å²) in [6.07, 6.45) is 3.37. The van der Waals surface area contributed by atoms with Crippen molar-refractivity contribution in [2.24, 2.45) is 0 Å². The van der Waals surface area contributed by atoms with E-state index in [2.05, 4.69) is 78.0 Å². The highest BCUT2D eigenvalue weighted by Gasteiger charge is 2.29. The molecule has 3 heteroatoms. The van der Waals surface area contributed by atoms with E-state index in [4.69, 9.17) is 4.74 Å². The van der Waals surface area contributed by atoms with Crippen molar-refractivity contribution < 1.29 is 4.74 Å². The maximum absolute atomic E-state index is 5.62. The van der Waals surface area contributed by atoms with Crippen molar-refractivity contribution >= 4 is 0 Å². The number of hydrogen-bond donors (Lipinski definition) is 0. The zero-order valence-electron chi connectivity index (χ0n) is 16.5. The maximum Gasteiger partial charge on any atom is 0.123 e. The number of aryl methyl sites for hydroxylation is 3. The lowest BCUT2D eigenvalue weighted by Gasteiger charge is -2.32. The van der Waals surface area contributed by atoms with Crippen molar-refractivity contribution in [3.8, 4) is 5.75 Å². The molecule has 0 fully saturated rings. The number of fused-ring (bicyclic) bond motifs is 1. The van der Waals surface area contributed by atoms with Crippen LogP contribution in [0.1, 0.15) is 40.4 Å². The third-order valence-electron chi connectivity index (χ3n) is 5.65. The molecule has 3 aromatic rings. The van der Waals surface area contributed by atoms with Gasteiger partial charge in [0.1, 0.15) is 5.75 Å². The highest BCUT2D eigenvalue weighted by Crippen LogP contribution is 2.36. The molecule has 1 aliphatic heterocycles. The Morgan fingerprint density at radius 2 is 1.85 bits per heavy atom. The molecule has 1 unspecified atom stereocenters. The number of aromatic nitrogens is 1. The van der Waals surface area contributed by atoms with Gasteiger partial charge in [0, 0.05) is 37.1 Å². The van der Waals surface area contributed by atoms with Crippen molar-refractivity contribution in [1.29, 1.82) is 0 Å². The largest absolute Gasteiger partial charge is 0.496 e. The van der Waals surface area contributed by atoms with Crippen molar-refractivity contribution in [3.63, 3.8) is 0 Å². The summed E-state index contributed by atoms with van der Waals surface area (Å²) in [5.41, 5.74) is 6.71. The standard InChI is InChI=1S/C24H28N2O/c1-18-11-12-19(2)21(16-18)24-22-9-6-13-25(22)14-7-15-26(24)17-20-8-4-5-10-23(20)27-3/h4-6,8-13,16,24H,7,14-15,17H2,1-3H3. The summed E-state index contributed by atoms with van der Waals surface area (Å²) in [6.45, 7) is 7.44. The van der Waals surface area contributed by atoms with Crippen LogP contribution in [0, 0.1) is 13.8 Å². The molecule has 1 atom stereocenters. The van der Waals surface area contributed by atoms with Gasteiger partial charge >= 0.3 is 0 Å². The molecular weight excluding hydrogens is 332 g/mol. The lowest BCUT2D eigenvalue weighted by Crippen LogP contribution is -2.30. The number of hydrogen-bond acceptors (Lipinski definition) is 2. The summed E-state index contributed by atoms with van der Waals surface area (Å²) >= 11 is 0. The Labute approximate surface area is 162 Å². The summed E-state index contributed by atoms with van der Waals surface area (Å²) in [6, 6.07) is 19.9. The molecular formula is C24H28N2O. The Balaban J connectivity index is 1.80. The number of ether oxygens (including phenoxy) is 1. The van der Waals surface area contributed by atoms with Gasteiger partial charge < -0.3 is 9.30 Å². The van der Waals surface area contributed by atoms with Crippen LogP contribution in [0.3, 0.4) is 0 Å². The van der Waals surface area contributed by atoms with Crippen LogP contribution in [0.15, 0.2) is 60.8 Å². The van der Waals surface area contributed by atoms with Crippen LogP contribution < -0.4 is 4.74 Å². The summed E-state index contributed by atoms with van der Waals surface area (Å²) < 4.78 is 8.05. The molecule has 27 heavy (non-hydrogen) atoms. The predicted octanol–water partition coefficient (Wildman–Crippen LogP) is 5.11. The molecule has 0 aliphatic carbocycles. The first-order valence-corrected chi connectivity index (χ1v) is 9.75. The molecule has 1 aliphatic rings. The first-order valence-electron chi connectivity index (χ1n) is 9.75. The number of rotatable bonds is 4. The molecule has 0 saturated carbocycles. The van der Waals surface area contributed by atoms with E-state index in [0.29, 0.717) is 0 Å². The van der Waals surface area contributed by atoms with Crippen molar-refractivity contribution in [2.75, 3.05) is 13.7 Å². The van der Waals surface area contributed by atoms with E-state index in [0.717, 1.165) is 31.8 Å². The third kappa shape index (κ3) is 3.52. The number of benzene rings is 2. The van der Waals surface area contributed by atoms with Gasteiger partial charge in [-0.1, -0.05) is 42.0 Å². The van der Waals surface area contributed by atoms with Gasteiger partial charge in [-0.05, 0) is 49.6 Å². The minimum Gasteiger partial charge on any atom is -0.496 e. The van der Waals surface area contributed by atoms with E-state index in [1.54, 1.807) is 7.11 Å². The van der Waals surface area contributed by atoms with Gasteiger partial charge in [0.15, 0.2) is 0 Å². The predicted molar refractivity (Wildman–Crippen MR) is 110 cm³/mol. The molecule has 2 aromatic carbocycles. The Hall–Kier alpha value is -2.52. The SMILES string of the molecule is COc1ccccc1CN1CCCn2cccc2C1c1cc(C)ccc1C. The molecule has 0 spiro atoms. The van der Waals surface area contributed by atoms with Gasteiger partial charge in [-0.15, -0.1) is 0 Å². The minimum atomic E-state index is 0.257. The third-order valence-corrected chi connectivity index (χ3v) is 5.65. The van der Waals surface area contributed by atoms with Crippen LogP contribution in [0.5, 0.6) is 5.75 Å². The molecule has 0 bridgehead atoms. The Morgan fingerprint density at radius 1 is 1.00 bits per heavy atom. The molecule has 3 nitrogen and oxygen atoms in total. The molecule has 0 N–H and O–H groups in total. The van der Waals surface area contributed by atoms with E-state index in [1.165, 1.54) is 27.9 Å². The van der Waals surface area contributed by atoms with Crippen LogP contribution in [0.2, 0.25) is 0 Å². The van der Waals surface area contributed by atoms with E-state index >= 15 is 0 Å². The fraction of sp³-hybridized carbons (Fsp3) is 0.333. The van der Waals surface area contributed by atoms with Crippen LogP contribution in [0.4, 0.5) is 0 Å². The molecule has 140 valence electrons. The number of methoxy groups -OCH3 is 1. The molecule has 0 amide bonds. The first-order chi connectivity index (χ1) is 13.2. The maximum atomic E-state index is 5.62. The van der Waals surface area contributed by atoms with E-state index in [-0.39, 0.29) is 6.04 Å². The van der Waals surface area contributed by atoms with Crippen molar-refractivity contribution in [1.82, 2.24) is 9.47 Å². The zero-order valence-corrected chi connectivity index (χ0v) is 16.5. The summed E-state index contributed by atoms with van der Waals surface area (Å²) in [7, 11) is 1.76. The zero-order chi connectivity index (χ0) is 18.8. The van der Waals surface area contributed by atoms with Crippen molar-refractivity contribution in [3.05, 3.63) is 88.7 Å². The summed E-state index contributed by atoms with van der Waals surface area (Å²) in [5, 5.41) is 0. The van der Waals surface area contributed by atoms with E-state index in [9.17, 15) is 0 Å². The smallest absolute Gasteiger partial charge is 0.123 e. The Kier molecular flexibility index (Phi) is 5.04. The molecule has 0 radical (unpaired) electrons. The van der Waals surface area contributed by atoms with Gasteiger partial charge in [0.05, 0.1) is 13.2 Å². The monoisotopic (exact) mass is 360 g/mol. The fourth-order valence-corrected chi connectivity index (χ4v) is 4.27. The van der Waals surface area contributed by atoms with Crippen LogP contribution in [-0.2, 0) is 13.1 Å². The molecule has 1 aromatic heterocycles. The second-order valence-electron chi connectivity index (χ2n) is 7.52. The number of para-hydroxylation sites is 1. The van der Waals surface area contributed by atoms with Crippen LogP contribution in [0.25, 0.3) is 0 Å². The van der Waals surface area contributed by atoms with Gasteiger partial charge in [-0.25, -0.2) is 0 Å². The van der Waals surface area contributed by atoms with Gasteiger partial charge in [0.25, 0.3) is 0 Å². The summed E-state index contributed by atoms with van der Waals surface area (Å²) in [4.78, 5) is 2.61. The van der Waals surface area contributed by atoms with E-state index in [1.807, 2.05) is 6.07 Å². The van der Waals surface area contributed by atoms with E-state index < -0.39 is 0 Å². The van der Waals surface area contributed by atoms with Crippen LogP contribution in [-0.4, -0.2) is 23.1 Å². The van der Waals surface area contributed by atoms with Gasteiger partial charge in [-0.2, -0.15) is 0 Å². The Bertz CT molecular complexity index is 928. The molecule has 4 rings (SSSR count). The van der Waals surface area contributed by atoms with Crippen LogP contribution >= 0.6 is 0 Å². The second-order valence-corrected chi connectivity index (χ2v) is 7.52. The lowest BCUT2D eigenvalue weighted by atomic mass is 9.95. The fourth-order valence-electron chi connectivity index (χ4n) is 4.27. The number of nitrogens with zero attached hydrogens (tertiary/aromatic N) is 2. The second kappa shape index (κ2) is 7.61. The quantitative estimate of drug-likeness (QED) is 0.643. The molecule has 0 saturated heterocycles. The average molecular weight is 361 g/mol. The van der Waals surface area contributed by atoms with Gasteiger partial charge in [0.2, 0.25) is 0 Å². The molecule has 2 heterocycles. The highest BCUT2D eigenvalue weighted by atomic mass is 16.5. The summed E-state index contributed by atoms with van der Waals surface area (Å²) in [5.74, 6) is 0.969. The Morgan fingerprint density at radius 3 is 2.70 bits per heavy atom. The minimum absolute atomic E-state index is 0.257. The average Bonchev–Trinajstić information content (AvgIpc) is 3.06. The lowest BCUT2D eigenvalue weighted by molar-refractivity contribution is 0.217. The van der Waals surface area contributed by atoms with Gasteiger partial charge in [-0.3, -0.25) is 4.90 Å². The van der Waals surface area contributed by atoms with Crippen molar-refractivity contribution in [2.45, 2.75) is 39.4 Å².